The highest BCUT2D eigenvalue weighted by Gasteiger charge is 2.54. The third kappa shape index (κ3) is 2.72. The summed E-state index contributed by atoms with van der Waals surface area (Å²) in [4.78, 5) is 24.4. The lowest BCUT2D eigenvalue weighted by Crippen LogP contribution is -2.56. The summed E-state index contributed by atoms with van der Waals surface area (Å²) >= 11 is 0. The van der Waals surface area contributed by atoms with Gasteiger partial charge >= 0.3 is 0 Å². The van der Waals surface area contributed by atoms with Crippen molar-refractivity contribution in [2.75, 3.05) is 0 Å². The van der Waals surface area contributed by atoms with Crippen molar-refractivity contribution in [1.82, 2.24) is 5.32 Å². The fraction of sp³-hybridized carbons (Fsp3) is 0.765. The van der Waals surface area contributed by atoms with Gasteiger partial charge < -0.3 is 11.1 Å². The minimum Gasteiger partial charge on any atom is -0.368 e. The largest absolute Gasteiger partial charge is 0.368 e. The van der Waals surface area contributed by atoms with Crippen LogP contribution < -0.4 is 11.1 Å². The van der Waals surface area contributed by atoms with E-state index in [1.54, 1.807) is 6.08 Å². The van der Waals surface area contributed by atoms with Gasteiger partial charge in [0.15, 0.2) is 0 Å². The molecule has 4 aliphatic carbocycles. The lowest BCUT2D eigenvalue weighted by Gasteiger charge is -2.55. The van der Waals surface area contributed by atoms with Crippen molar-refractivity contribution in [1.29, 1.82) is 0 Å². The molecule has 0 aromatic rings. The molecule has 4 fully saturated rings. The van der Waals surface area contributed by atoms with Gasteiger partial charge in [0.05, 0.1) is 0 Å². The molecular weight excluding hydrogens is 264 g/mol. The van der Waals surface area contributed by atoms with Gasteiger partial charge in [-0.15, -0.1) is 6.58 Å². The summed E-state index contributed by atoms with van der Waals surface area (Å²) in [5.74, 6) is 1.82. The van der Waals surface area contributed by atoms with Crippen LogP contribution in [-0.2, 0) is 9.59 Å². The molecule has 3 N–H and O–H groups in total. The predicted molar refractivity (Wildman–Crippen MR) is 81.2 cm³/mol. The number of carbonyl (C=O) groups is 2. The Kier molecular flexibility index (Phi) is 3.80. The number of carbonyl (C=O) groups excluding carboxylic acids is 2. The number of hydrogen-bond acceptors (Lipinski definition) is 2. The van der Waals surface area contributed by atoms with E-state index in [1.807, 2.05) is 0 Å². The molecule has 0 aromatic heterocycles. The Balaban J connectivity index is 1.69. The summed E-state index contributed by atoms with van der Waals surface area (Å²) in [5.41, 5.74) is 5.22. The molecule has 4 bridgehead atoms. The average Bonchev–Trinajstić information content (AvgIpc) is 2.41. The molecule has 4 aliphatic rings. The van der Waals surface area contributed by atoms with E-state index >= 15 is 0 Å². The van der Waals surface area contributed by atoms with Crippen LogP contribution in [0.15, 0.2) is 12.7 Å². The zero-order chi connectivity index (χ0) is 15.0. The lowest BCUT2D eigenvalue weighted by molar-refractivity contribution is -0.148. The normalized spacial score (nSPS) is 38.0. The number of hydrogen-bond donors (Lipinski definition) is 2. The van der Waals surface area contributed by atoms with Crippen molar-refractivity contribution < 1.29 is 9.59 Å². The highest BCUT2D eigenvalue weighted by molar-refractivity contribution is 5.89. The van der Waals surface area contributed by atoms with Gasteiger partial charge in [-0.3, -0.25) is 9.59 Å². The molecule has 0 saturated heterocycles. The molecule has 2 amide bonds. The first kappa shape index (κ1) is 14.6. The number of nitrogens with one attached hydrogen (secondary N) is 1. The van der Waals surface area contributed by atoms with E-state index in [2.05, 4.69) is 11.9 Å². The first-order valence-corrected chi connectivity index (χ1v) is 8.23. The summed E-state index contributed by atoms with van der Waals surface area (Å²) in [5, 5.41) is 2.95. The van der Waals surface area contributed by atoms with Crippen LogP contribution in [-0.4, -0.2) is 17.9 Å². The number of nitrogens with two attached hydrogens (primary N) is 1. The zero-order valence-corrected chi connectivity index (χ0v) is 12.6. The third-order valence-corrected chi connectivity index (χ3v) is 5.83. The topological polar surface area (TPSA) is 72.2 Å². The van der Waals surface area contributed by atoms with Crippen LogP contribution in [0.25, 0.3) is 0 Å². The minimum atomic E-state index is -0.552. The van der Waals surface area contributed by atoms with E-state index in [-0.39, 0.29) is 11.3 Å². The van der Waals surface area contributed by atoms with Gasteiger partial charge in [-0.25, -0.2) is 0 Å². The first-order chi connectivity index (χ1) is 10.0. The highest BCUT2D eigenvalue weighted by Crippen LogP contribution is 2.60. The van der Waals surface area contributed by atoms with E-state index in [1.165, 1.54) is 19.3 Å². The van der Waals surface area contributed by atoms with Crippen LogP contribution in [0.4, 0.5) is 0 Å². The Morgan fingerprint density at radius 2 is 1.71 bits per heavy atom. The molecule has 0 unspecified atom stereocenters. The van der Waals surface area contributed by atoms with E-state index in [9.17, 15) is 9.59 Å². The van der Waals surface area contributed by atoms with Crippen molar-refractivity contribution in [2.24, 2.45) is 28.9 Å². The quantitative estimate of drug-likeness (QED) is 0.736. The average molecular weight is 290 g/mol. The molecule has 21 heavy (non-hydrogen) atoms. The maximum absolute atomic E-state index is 12.8. The van der Waals surface area contributed by atoms with Gasteiger partial charge in [-0.2, -0.15) is 0 Å². The number of primary amides is 1. The molecule has 0 radical (unpaired) electrons. The van der Waals surface area contributed by atoms with Crippen molar-refractivity contribution in [2.45, 2.75) is 57.4 Å². The summed E-state index contributed by atoms with van der Waals surface area (Å²) in [6.45, 7) is 3.66. The maximum Gasteiger partial charge on any atom is 0.240 e. The molecule has 0 aromatic carbocycles. The zero-order valence-electron chi connectivity index (χ0n) is 12.6. The fourth-order valence-corrected chi connectivity index (χ4v) is 5.27. The Morgan fingerprint density at radius 3 is 2.14 bits per heavy atom. The van der Waals surface area contributed by atoms with Crippen LogP contribution in [0.2, 0.25) is 0 Å². The molecule has 116 valence electrons. The van der Waals surface area contributed by atoms with Crippen LogP contribution in [0, 0.1) is 23.2 Å². The van der Waals surface area contributed by atoms with Crippen LogP contribution in [0.3, 0.4) is 0 Å². The van der Waals surface area contributed by atoms with Crippen LogP contribution in [0.5, 0.6) is 0 Å². The number of allylic oxidation sites excluding steroid dienone is 1. The second-order valence-electron chi connectivity index (χ2n) is 7.49. The van der Waals surface area contributed by atoms with E-state index in [0.717, 1.165) is 37.0 Å². The molecule has 4 heteroatoms. The van der Waals surface area contributed by atoms with Gasteiger partial charge in [-0.1, -0.05) is 6.08 Å². The van der Waals surface area contributed by atoms with Crippen molar-refractivity contribution in [3.8, 4) is 0 Å². The van der Waals surface area contributed by atoms with Gasteiger partial charge in [0, 0.05) is 5.41 Å². The standard InChI is InChI=1S/C17H26N2O2/c1-2-3-4-14(15(18)20)19-16(21)17-8-11-5-12(9-17)7-13(6-11)10-17/h2,11-14H,1,3-10H2,(H2,18,20)(H,19,21)/t11?,12?,13?,14-,17?/m1/s1. The summed E-state index contributed by atoms with van der Waals surface area (Å²) in [6, 6.07) is -0.552. The molecule has 0 spiro atoms. The second-order valence-corrected chi connectivity index (χ2v) is 7.49. The SMILES string of the molecule is C=CCC[C@@H](NC(=O)C12CC3CC(CC(C3)C1)C2)C(N)=O. The second kappa shape index (κ2) is 5.47. The number of amides is 2. The van der Waals surface area contributed by atoms with Crippen molar-refractivity contribution in [3.63, 3.8) is 0 Å². The summed E-state index contributed by atoms with van der Waals surface area (Å²) in [7, 11) is 0. The molecule has 1 atom stereocenters. The Morgan fingerprint density at radius 1 is 1.19 bits per heavy atom. The van der Waals surface area contributed by atoms with Gasteiger partial charge in [0.1, 0.15) is 6.04 Å². The fourth-order valence-electron chi connectivity index (χ4n) is 5.27. The minimum absolute atomic E-state index is 0.0782. The van der Waals surface area contributed by atoms with E-state index in [0.29, 0.717) is 12.8 Å². The monoisotopic (exact) mass is 290 g/mol. The molecular formula is C17H26N2O2. The molecule has 4 rings (SSSR count). The van der Waals surface area contributed by atoms with Gasteiger partial charge in [-0.05, 0) is 69.1 Å². The number of rotatable bonds is 6. The van der Waals surface area contributed by atoms with E-state index < -0.39 is 11.9 Å². The third-order valence-electron chi connectivity index (χ3n) is 5.83. The first-order valence-electron chi connectivity index (χ1n) is 8.23. The van der Waals surface area contributed by atoms with Gasteiger partial charge in [0.2, 0.25) is 11.8 Å². The van der Waals surface area contributed by atoms with Crippen molar-refractivity contribution in [3.05, 3.63) is 12.7 Å². The van der Waals surface area contributed by atoms with Crippen LogP contribution in [0.1, 0.15) is 51.4 Å². The molecule has 4 saturated carbocycles. The Labute approximate surface area is 126 Å². The Bertz CT molecular complexity index is 422. The van der Waals surface area contributed by atoms with Crippen LogP contribution >= 0.6 is 0 Å². The lowest BCUT2D eigenvalue weighted by atomic mass is 9.49. The molecule has 0 aliphatic heterocycles. The Hall–Kier alpha value is -1.32. The van der Waals surface area contributed by atoms with E-state index in [4.69, 9.17) is 5.73 Å². The summed E-state index contributed by atoms with van der Waals surface area (Å²) in [6.07, 6.45) is 9.96. The maximum atomic E-state index is 12.8. The smallest absolute Gasteiger partial charge is 0.240 e. The van der Waals surface area contributed by atoms with Crippen molar-refractivity contribution >= 4 is 11.8 Å². The summed E-state index contributed by atoms with van der Waals surface area (Å²) < 4.78 is 0. The molecule has 4 nitrogen and oxygen atoms in total. The predicted octanol–water partition coefficient (Wildman–Crippen LogP) is 2.14. The molecule has 0 heterocycles. The van der Waals surface area contributed by atoms with Gasteiger partial charge in [0.25, 0.3) is 0 Å². The highest BCUT2D eigenvalue weighted by atomic mass is 16.2.